The van der Waals surface area contributed by atoms with Crippen molar-refractivity contribution in [3.63, 3.8) is 0 Å². The zero-order chi connectivity index (χ0) is 16.8. The monoisotopic (exact) mass is 351 g/mol. The van der Waals surface area contributed by atoms with E-state index in [0.29, 0.717) is 4.34 Å². The van der Waals surface area contributed by atoms with Crippen LogP contribution in [0.5, 0.6) is 0 Å². The minimum absolute atomic E-state index is 0.0180. The summed E-state index contributed by atoms with van der Waals surface area (Å²) < 4.78 is 25.6. The van der Waals surface area contributed by atoms with Gasteiger partial charge in [-0.25, -0.2) is 13.9 Å². The lowest BCUT2D eigenvalue weighted by Crippen LogP contribution is -2.00. The molecule has 0 atom stereocenters. The third kappa shape index (κ3) is 2.69. The lowest BCUT2D eigenvalue weighted by Gasteiger charge is -2.05. The van der Waals surface area contributed by atoms with E-state index < -0.39 is 19.3 Å². The number of hydrogen-bond acceptors (Lipinski definition) is 5. The van der Waals surface area contributed by atoms with Crippen LogP contribution in [0, 0.1) is 17.1 Å². The van der Waals surface area contributed by atoms with Crippen molar-refractivity contribution in [2.45, 2.75) is 0 Å². The summed E-state index contributed by atoms with van der Waals surface area (Å²) in [5, 5.41) is 10.2. The van der Waals surface area contributed by atoms with Gasteiger partial charge in [-0.05, 0) is 18.2 Å². The van der Waals surface area contributed by atoms with E-state index in [2.05, 4.69) is 4.98 Å². The molecule has 0 saturated heterocycles. The number of rotatable bonds is 3. The largest absolute Gasteiger partial charge is 0.434 e. The number of fused-ring (bicyclic) bond motifs is 1. The third-order valence-corrected chi connectivity index (χ3v) is 4.82. The van der Waals surface area contributed by atoms with Gasteiger partial charge < -0.3 is 9.79 Å². The molecule has 2 aromatic heterocycles. The van der Waals surface area contributed by atoms with Crippen LogP contribution < -0.4 is 0 Å². The van der Waals surface area contributed by atoms with Crippen LogP contribution in [0.2, 0.25) is 0 Å². The summed E-state index contributed by atoms with van der Waals surface area (Å²) in [6, 6.07) is 5.03. The molecular weight excluding hydrogens is 344 g/mol. The molecule has 2 N–H and O–H groups in total. The number of nitriles is 1. The molecule has 0 aliphatic carbocycles. The number of benzene rings is 1. The Morgan fingerprint density at radius 2 is 2.17 bits per heavy atom. The van der Waals surface area contributed by atoms with Gasteiger partial charge in [0.15, 0.2) is 10.7 Å². The highest BCUT2D eigenvalue weighted by Gasteiger charge is 2.26. The fourth-order valence-corrected chi connectivity index (χ4v) is 3.54. The molecule has 0 bridgehead atoms. The Kier molecular flexibility index (Phi) is 3.62. The summed E-state index contributed by atoms with van der Waals surface area (Å²) in [6.07, 6.45) is 0.973. The molecule has 10 heteroatoms. The van der Waals surface area contributed by atoms with Crippen molar-refractivity contribution >= 4 is 35.8 Å². The van der Waals surface area contributed by atoms with Gasteiger partial charge in [0.1, 0.15) is 11.9 Å². The van der Waals surface area contributed by atoms with Gasteiger partial charge in [0.25, 0.3) is 0 Å². The van der Waals surface area contributed by atoms with Gasteiger partial charge >= 0.3 is 7.75 Å². The number of ketones is 1. The van der Waals surface area contributed by atoms with Gasteiger partial charge in [-0.1, -0.05) is 0 Å². The molecule has 1 aromatic carbocycles. The fraction of sp³-hybridized carbons (Fsp3) is 0. The van der Waals surface area contributed by atoms with Gasteiger partial charge in [-0.2, -0.15) is 5.26 Å². The second-order valence-electron chi connectivity index (χ2n) is 4.54. The van der Waals surface area contributed by atoms with E-state index >= 15 is 0 Å². The highest BCUT2D eigenvalue weighted by molar-refractivity contribution is 7.50. The number of carbonyl (C=O) groups is 1. The second-order valence-corrected chi connectivity index (χ2v) is 6.86. The van der Waals surface area contributed by atoms with Gasteiger partial charge in [0, 0.05) is 17.0 Å². The van der Waals surface area contributed by atoms with Gasteiger partial charge in [-0.3, -0.25) is 9.13 Å². The van der Waals surface area contributed by atoms with Crippen LogP contribution in [0.4, 0.5) is 4.39 Å². The first-order valence-electron chi connectivity index (χ1n) is 6.08. The van der Waals surface area contributed by atoms with Crippen molar-refractivity contribution in [2.24, 2.45) is 0 Å². The number of aromatic nitrogens is 2. The molecule has 0 amide bonds. The van der Waals surface area contributed by atoms with E-state index in [1.54, 1.807) is 6.07 Å². The van der Waals surface area contributed by atoms with E-state index in [4.69, 9.17) is 5.26 Å². The summed E-state index contributed by atoms with van der Waals surface area (Å²) in [7, 11) is -4.72. The predicted molar refractivity (Wildman–Crippen MR) is 79.6 cm³/mol. The first kappa shape index (κ1) is 15.5. The van der Waals surface area contributed by atoms with Crippen LogP contribution >= 0.6 is 19.1 Å². The molecule has 23 heavy (non-hydrogen) atoms. The Morgan fingerprint density at radius 1 is 1.43 bits per heavy atom. The van der Waals surface area contributed by atoms with Crippen molar-refractivity contribution in [1.82, 2.24) is 9.32 Å². The van der Waals surface area contributed by atoms with E-state index in [1.807, 2.05) is 0 Å². The summed E-state index contributed by atoms with van der Waals surface area (Å²) in [5.41, 5.74) is -0.00920. The maximum atomic E-state index is 13.5. The van der Waals surface area contributed by atoms with Crippen LogP contribution in [0.3, 0.4) is 0 Å². The van der Waals surface area contributed by atoms with Crippen molar-refractivity contribution in [3.8, 4) is 6.07 Å². The molecular formula is C13H7FN3O4PS. The normalized spacial score (nSPS) is 11.6. The molecule has 0 fully saturated rings. The maximum absolute atomic E-state index is 13.5. The molecule has 0 aliphatic rings. The average molecular weight is 351 g/mol. The zero-order valence-corrected chi connectivity index (χ0v) is 12.9. The molecule has 0 radical (unpaired) electrons. The molecule has 7 nitrogen and oxygen atoms in total. The topological polar surface area (TPSA) is 116 Å². The van der Waals surface area contributed by atoms with Crippen molar-refractivity contribution in [1.29, 1.82) is 5.26 Å². The molecule has 2 heterocycles. The quantitative estimate of drug-likeness (QED) is 0.552. The van der Waals surface area contributed by atoms with Crippen LogP contribution in [0.1, 0.15) is 21.1 Å². The third-order valence-electron chi connectivity index (χ3n) is 3.09. The molecule has 0 spiro atoms. The number of halogens is 1. The Bertz CT molecular complexity index is 1030. The lowest BCUT2D eigenvalue weighted by atomic mass is 10.1. The van der Waals surface area contributed by atoms with Crippen LogP contribution in [0.25, 0.3) is 10.9 Å². The zero-order valence-electron chi connectivity index (χ0n) is 11.2. The summed E-state index contributed by atoms with van der Waals surface area (Å²) in [4.78, 5) is 35.1. The van der Waals surface area contributed by atoms with E-state index in [9.17, 15) is 23.5 Å². The van der Waals surface area contributed by atoms with Crippen LogP contribution in [-0.2, 0) is 4.57 Å². The molecule has 3 rings (SSSR count). The Labute approximate surface area is 132 Å². The molecule has 0 aliphatic heterocycles. The van der Waals surface area contributed by atoms with Gasteiger partial charge in [-0.15, -0.1) is 11.3 Å². The summed E-state index contributed by atoms with van der Waals surface area (Å²) in [6.45, 7) is 0. The Hall–Kier alpha value is -2.37. The minimum Gasteiger partial charge on any atom is -0.308 e. The second kappa shape index (κ2) is 5.37. The summed E-state index contributed by atoms with van der Waals surface area (Å²) >= 11 is 0.926. The summed E-state index contributed by atoms with van der Waals surface area (Å²) in [5.74, 6) is -1.29. The van der Waals surface area contributed by atoms with Crippen molar-refractivity contribution in [3.05, 3.63) is 51.9 Å². The number of thiazole rings is 1. The molecule has 0 unspecified atom stereocenters. The first-order valence-corrected chi connectivity index (χ1v) is 8.53. The SMILES string of the molecule is N#Cc1csc(C(=O)c2cn(P(=O)(O)O)c3ccc(F)cc23)n1. The first-order chi connectivity index (χ1) is 10.8. The molecule has 0 saturated carbocycles. The average Bonchev–Trinajstić information content (AvgIpc) is 3.10. The Balaban J connectivity index is 2.25. The molecule has 116 valence electrons. The smallest absolute Gasteiger partial charge is 0.308 e. The standard InChI is InChI=1S/C13H7FN3O4PS/c14-7-1-2-11-9(3-7)10(5-17(11)22(19,20)21)12(18)13-16-8(4-15)6-23-13/h1-3,5-6H,(H2,19,20,21). The highest BCUT2D eigenvalue weighted by atomic mass is 32.1. The molecule has 3 aromatic rings. The predicted octanol–water partition coefficient (Wildman–Crippen LogP) is 2.28. The van der Waals surface area contributed by atoms with E-state index in [0.717, 1.165) is 29.7 Å². The van der Waals surface area contributed by atoms with E-state index in [-0.39, 0.29) is 27.2 Å². The Morgan fingerprint density at radius 3 is 2.78 bits per heavy atom. The van der Waals surface area contributed by atoms with Gasteiger partial charge in [0.05, 0.1) is 11.1 Å². The van der Waals surface area contributed by atoms with Crippen molar-refractivity contribution in [2.75, 3.05) is 0 Å². The van der Waals surface area contributed by atoms with E-state index in [1.165, 1.54) is 11.4 Å². The van der Waals surface area contributed by atoms with Gasteiger partial charge in [0.2, 0.25) is 5.78 Å². The fourth-order valence-electron chi connectivity index (χ4n) is 2.13. The number of nitrogens with zero attached hydrogens (tertiary/aromatic N) is 3. The number of hydrogen-bond donors (Lipinski definition) is 2. The lowest BCUT2D eigenvalue weighted by molar-refractivity contribution is 0.104. The van der Waals surface area contributed by atoms with Crippen LogP contribution in [0.15, 0.2) is 29.8 Å². The van der Waals surface area contributed by atoms with Crippen molar-refractivity contribution < 1.29 is 23.5 Å². The number of carbonyl (C=O) groups excluding carboxylic acids is 1. The van der Waals surface area contributed by atoms with Crippen LogP contribution in [-0.4, -0.2) is 24.9 Å². The minimum atomic E-state index is -4.72. The maximum Gasteiger partial charge on any atom is 0.434 e. The highest BCUT2D eigenvalue weighted by Crippen LogP contribution is 2.42.